The fraction of sp³-hybridized carbons (Fsp3) is 0.600. The van der Waals surface area contributed by atoms with E-state index in [1.807, 2.05) is 19.1 Å². The van der Waals surface area contributed by atoms with Gasteiger partial charge in [0.15, 0.2) is 0 Å². The first-order valence-electron chi connectivity index (χ1n) is 6.86. The maximum atomic E-state index is 12.4. The van der Waals surface area contributed by atoms with Crippen molar-refractivity contribution in [3.8, 4) is 5.75 Å². The van der Waals surface area contributed by atoms with Crippen LogP contribution in [0.1, 0.15) is 44.7 Å². The fourth-order valence-electron chi connectivity index (χ4n) is 2.84. The van der Waals surface area contributed by atoms with Crippen molar-refractivity contribution in [3.05, 3.63) is 29.8 Å². The minimum absolute atomic E-state index is 0.0187. The van der Waals surface area contributed by atoms with Gasteiger partial charge in [0.25, 0.3) is 0 Å². The van der Waals surface area contributed by atoms with E-state index >= 15 is 0 Å². The highest BCUT2D eigenvalue weighted by atomic mass is 19.3. The zero-order chi connectivity index (χ0) is 13.8. The Kier molecular flexibility index (Phi) is 4.75. The molecule has 1 fully saturated rings. The number of benzene rings is 1. The molecule has 1 aromatic rings. The van der Waals surface area contributed by atoms with Crippen molar-refractivity contribution in [1.29, 1.82) is 0 Å². The smallest absolute Gasteiger partial charge is 0.387 e. The first-order valence-corrected chi connectivity index (χ1v) is 6.86. The average molecular weight is 269 g/mol. The van der Waals surface area contributed by atoms with Gasteiger partial charge in [0, 0.05) is 17.6 Å². The van der Waals surface area contributed by atoms with Gasteiger partial charge < -0.3 is 10.1 Å². The van der Waals surface area contributed by atoms with Crippen LogP contribution in [0.25, 0.3) is 0 Å². The molecule has 1 aromatic carbocycles. The van der Waals surface area contributed by atoms with Crippen LogP contribution in [0.4, 0.5) is 8.78 Å². The summed E-state index contributed by atoms with van der Waals surface area (Å²) >= 11 is 0. The van der Waals surface area contributed by atoms with Crippen LogP contribution in [-0.4, -0.2) is 12.7 Å². The molecule has 2 rings (SSSR count). The van der Waals surface area contributed by atoms with Crippen molar-refractivity contribution in [2.24, 2.45) is 5.92 Å². The lowest BCUT2D eigenvalue weighted by Crippen LogP contribution is -2.29. The van der Waals surface area contributed by atoms with Crippen molar-refractivity contribution in [1.82, 2.24) is 5.32 Å². The van der Waals surface area contributed by atoms with Crippen molar-refractivity contribution in [2.45, 2.75) is 51.8 Å². The maximum absolute atomic E-state index is 12.4. The number of alkyl halides is 2. The molecule has 0 aliphatic heterocycles. The molecule has 3 unspecified atom stereocenters. The Morgan fingerprint density at radius 3 is 2.63 bits per heavy atom. The summed E-state index contributed by atoms with van der Waals surface area (Å²) in [5.41, 5.74) is 0.794. The van der Waals surface area contributed by atoms with Gasteiger partial charge in [-0.05, 0) is 38.2 Å². The molecule has 0 saturated heterocycles. The second-order valence-corrected chi connectivity index (χ2v) is 5.42. The third-order valence-electron chi connectivity index (χ3n) is 3.78. The van der Waals surface area contributed by atoms with Crippen LogP contribution in [0.2, 0.25) is 0 Å². The number of hydrogen-bond acceptors (Lipinski definition) is 2. The van der Waals surface area contributed by atoms with Crippen LogP contribution in [0, 0.1) is 5.92 Å². The van der Waals surface area contributed by atoms with Crippen LogP contribution >= 0.6 is 0 Å². The summed E-state index contributed by atoms with van der Waals surface area (Å²) in [6, 6.07) is 7.49. The highest BCUT2D eigenvalue weighted by Gasteiger charge is 2.24. The molecule has 106 valence electrons. The molecule has 19 heavy (non-hydrogen) atoms. The monoisotopic (exact) mass is 269 g/mol. The van der Waals surface area contributed by atoms with E-state index in [0.717, 1.165) is 24.3 Å². The van der Waals surface area contributed by atoms with Crippen molar-refractivity contribution >= 4 is 0 Å². The normalized spacial score (nSPS) is 24.7. The molecule has 0 bridgehead atoms. The molecule has 1 aliphatic rings. The van der Waals surface area contributed by atoms with Gasteiger partial charge >= 0.3 is 6.61 Å². The minimum Gasteiger partial charge on any atom is -0.434 e. The van der Waals surface area contributed by atoms with Gasteiger partial charge in [-0.15, -0.1) is 0 Å². The summed E-state index contributed by atoms with van der Waals surface area (Å²) in [5.74, 6) is 1.01. The Labute approximate surface area is 113 Å². The van der Waals surface area contributed by atoms with Crippen LogP contribution in [0.15, 0.2) is 24.3 Å². The molecular formula is C15H21F2NO. The molecule has 0 heterocycles. The summed E-state index contributed by atoms with van der Waals surface area (Å²) in [6.07, 6.45) is 3.55. The summed E-state index contributed by atoms with van der Waals surface area (Å²) < 4.78 is 29.3. The third-order valence-corrected chi connectivity index (χ3v) is 3.78. The highest BCUT2D eigenvalue weighted by Crippen LogP contribution is 2.30. The van der Waals surface area contributed by atoms with Gasteiger partial charge in [0.1, 0.15) is 5.75 Å². The lowest BCUT2D eigenvalue weighted by atomic mass is 10.1. The van der Waals surface area contributed by atoms with E-state index in [4.69, 9.17) is 0 Å². The van der Waals surface area contributed by atoms with E-state index in [-0.39, 0.29) is 11.8 Å². The van der Waals surface area contributed by atoms with Crippen LogP contribution in [0.5, 0.6) is 5.75 Å². The summed E-state index contributed by atoms with van der Waals surface area (Å²) in [5, 5.41) is 3.51. The predicted octanol–water partition coefficient (Wildman–Crippen LogP) is 4.13. The molecule has 3 atom stereocenters. The van der Waals surface area contributed by atoms with E-state index in [9.17, 15) is 8.78 Å². The first kappa shape index (κ1) is 14.3. The minimum atomic E-state index is -2.78. The number of nitrogens with one attached hydrogen (secondary N) is 1. The van der Waals surface area contributed by atoms with Gasteiger partial charge in [-0.25, -0.2) is 0 Å². The second kappa shape index (κ2) is 6.33. The number of hydrogen-bond donors (Lipinski definition) is 1. The molecule has 4 heteroatoms. The van der Waals surface area contributed by atoms with Crippen molar-refractivity contribution < 1.29 is 13.5 Å². The number of rotatable bonds is 5. The van der Waals surface area contributed by atoms with E-state index in [1.54, 1.807) is 12.1 Å². The van der Waals surface area contributed by atoms with E-state index < -0.39 is 6.61 Å². The number of ether oxygens (including phenoxy) is 1. The molecule has 0 amide bonds. The zero-order valence-electron chi connectivity index (χ0n) is 11.4. The number of para-hydroxylation sites is 1. The van der Waals surface area contributed by atoms with E-state index in [2.05, 4.69) is 17.0 Å². The topological polar surface area (TPSA) is 21.3 Å². The van der Waals surface area contributed by atoms with Crippen molar-refractivity contribution in [3.63, 3.8) is 0 Å². The largest absolute Gasteiger partial charge is 0.434 e. The third kappa shape index (κ3) is 3.90. The van der Waals surface area contributed by atoms with E-state index in [0.29, 0.717) is 6.04 Å². The van der Waals surface area contributed by atoms with Crippen LogP contribution in [-0.2, 0) is 0 Å². The molecule has 0 aromatic heterocycles. The van der Waals surface area contributed by atoms with Gasteiger partial charge in [-0.1, -0.05) is 25.1 Å². The Bertz CT molecular complexity index is 411. The molecule has 0 spiro atoms. The summed E-state index contributed by atoms with van der Waals surface area (Å²) in [7, 11) is 0. The van der Waals surface area contributed by atoms with Gasteiger partial charge in [0.2, 0.25) is 0 Å². The Hall–Kier alpha value is -1.16. The van der Waals surface area contributed by atoms with Crippen LogP contribution in [0.3, 0.4) is 0 Å². The van der Waals surface area contributed by atoms with Gasteiger partial charge in [-0.3, -0.25) is 0 Å². The molecule has 1 saturated carbocycles. The lowest BCUT2D eigenvalue weighted by Gasteiger charge is -2.22. The molecule has 1 aliphatic carbocycles. The predicted molar refractivity (Wildman–Crippen MR) is 71.4 cm³/mol. The van der Waals surface area contributed by atoms with Crippen molar-refractivity contribution in [2.75, 3.05) is 0 Å². The average Bonchev–Trinajstić information content (AvgIpc) is 2.74. The van der Waals surface area contributed by atoms with E-state index in [1.165, 1.54) is 6.42 Å². The lowest BCUT2D eigenvalue weighted by molar-refractivity contribution is -0.0506. The fourth-order valence-corrected chi connectivity index (χ4v) is 2.84. The maximum Gasteiger partial charge on any atom is 0.387 e. The van der Waals surface area contributed by atoms with Crippen LogP contribution < -0.4 is 10.1 Å². The molecule has 1 N–H and O–H groups in total. The Morgan fingerprint density at radius 2 is 2.00 bits per heavy atom. The Morgan fingerprint density at radius 1 is 1.26 bits per heavy atom. The molecular weight excluding hydrogens is 248 g/mol. The second-order valence-electron chi connectivity index (χ2n) is 5.42. The van der Waals surface area contributed by atoms with Gasteiger partial charge in [0.05, 0.1) is 0 Å². The molecule has 2 nitrogen and oxygen atoms in total. The highest BCUT2D eigenvalue weighted by molar-refractivity contribution is 5.35. The van der Waals surface area contributed by atoms with Gasteiger partial charge in [-0.2, -0.15) is 8.78 Å². The molecule has 0 radical (unpaired) electrons. The summed E-state index contributed by atoms with van der Waals surface area (Å²) in [4.78, 5) is 0. The standard InChI is InChI=1S/C15H21F2NO/c1-10-7-8-12(9-10)18-11(2)13-5-3-4-6-14(13)19-15(16)17/h3-6,10-12,15,18H,7-9H2,1-2H3. The quantitative estimate of drug-likeness (QED) is 0.868. The number of halogens is 2. The SMILES string of the molecule is CC1CCC(NC(C)c2ccccc2OC(F)F)C1. The zero-order valence-corrected chi connectivity index (χ0v) is 11.4. The first-order chi connectivity index (χ1) is 9.06. The summed E-state index contributed by atoms with van der Waals surface area (Å²) in [6.45, 7) is 1.47. The Balaban J connectivity index is 2.03.